The first-order valence-electron chi connectivity index (χ1n) is 10.9. The summed E-state index contributed by atoms with van der Waals surface area (Å²) >= 11 is 1.19. The second-order valence-corrected chi connectivity index (χ2v) is 8.48. The van der Waals surface area contributed by atoms with Gasteiger partial charge >= 0.3 is 11.9 Å². The molecule has 0 fully saturated rings. The van der Waals surface area contributed by atoms with Crippen molar-refractivity contribution < 1.29 is 40.4 Å². The molecule has 5 N–H and O–H groups in total. The molecule has 0 saturated heterocycles. The molecule has 0 spiro atoms. The van der Waals surface area contributed by atoms with Gasteiger partial charge in [-0.15, -0.1) is 11.4 Å². The van der Waals surface area contributed by atoms with E-state index >= 15 is 0 Å². The number of rotatable bonds is 16. The van der Waals surface area contributed by atoms with Gasteiger partial charge in [-0.2, -0.15) is 0 Å². The van der Waals surface area contributed by atoms with Crippen molar-refractivity contribution in [2.75, 3.05) is 25.4 Å². The van der Waals surface area contributed by atoms with Crippen LogP contribution in [0, 0.1) is 0 Å². The number of nitrogens with zero attached hydrogens (tertiary/aromatic N) is 1. The molecular weight excluding hydrogens is 487 g/mol. The van der Waals surface area contributed by atoms with Crippen molar-refractivity contribution in [3.8, 4) is 0 Å². The molecule has 0 aromatic carbocycles. The first-order chi connectivity index (χ1) is 16.0. The smallest absolute Gasteiger partial charge is 0.322 e. The van der Waals surface area contributed by atoms with Crippen LogP contribution in [-0.4, -0.2) is 88.2 Å². The SMILES string of the molecule is CC.CCNC(=O)CCCC(C)N(CC(=O)NC(CC(=O)O)C(=O)NCC(=O)O)C(=O)CSP.[3HH]. The lowest BCUT2D eigenvalue weighted by Crippen LogP contribution is -2.53. The standard InChI is InChI=1S/C18H31N4O8PS.C2H6.H2/c1-3-19-13(23)6-4-5-11(2)22(15(25)10-32-31)9-14(24)21-12(7-16(26)27)18(30)20-8-17(28)29;1-2;/h11-12H,3-10,31H2,1-2H3,(H,19,23)(H,20,30)(H,21,24)(H,26,27)(H,28,29);1-2H3;1H/i;;1+2. The molecule has 0 aliphatic carbocycles. The fraction of sp³-hybridized carbons (Fsp3) is 0.700. The highest BCUT2D eigenvalue weighted by molar-refractivity contribution is 8.44. The van der Waals surface area contributed by atoms with E-state index in [2.05, 4.69) is 19.1 Å². The highest BCUT2D eigenvalue weighted by atomic mass is 32.7. The van der Waals surface area contributed by atoms with Gasteiger partial charge < -0.3 is 31.1 Å². The van der Waals surface area contributed by atoms with Crippen molar-refractivity contribution in [3.63, 3.8) is 0 Å². The zero-order valence-corrected chi connectivity index (χ0v) is 22.1. The molecule has 12 nitrogen and oxygen atoms in total. The minimum Gasteiger partial charge on any atom is -0.481 e. The average molecular weight is 529 g/mol. The summed E-state index contributed by atoms with van der Waals surface area (Å²) in [6.07, 6.45) is 0.463. The topological polar surface area (TPSA) is 182 Å². The summed E-state index contributed by atoms with van der Waals surface area (Å²) in [6.45, 7) is 6.89. The molecule has 0 saturated carbocycles. The normalized spacial score (nSPS) is 11.7. The van der Waals surface area contributed by atoms with Gasteiger partial charge in [0.1, 0.15) is 12.6 Å². The molecule has 0 aromatic rings. The lowest BCUT2D eigenvalue weighted by atomic mass is 10.1. The highest BCUT2D eigenvalue weighted by Crippen LogP contribution is 2.15. The van der Waals surface area contributed by atoms with Crippen LogP contribution in [0.4, 0.5) is 0 Å². The van der Waals surface area contributed by atoms with Crippen LogP contribution in [0.1, 0.15) is 54.8 Å². The number of aliphatic carboxylic acids is 2. The van der Waals surface area contributed by atoms with Crippen LogP contribution < -0.4 is 16.0 Å². The zero-order chi connectivity index (χ0) is 26.7. The summed E-state index contributed by atoms with van der Waals surface area (Å²) in [6, 6.07) is -1.89. The average Bonchev–Trinajstić information content (AvgIpc) is 2.76. The van der Waals surface area contributed by atoms with Gasteiger partial charge in [-0.05, 0) is 26.7 Å². The van der Waals surface area contributed by atoms with E-state index < -0.39 is 55.3 Å². The second kappa shape index (κ2) is 20.0. The molecule has 34 heavy (non-hydrogen) atoms. The van der Waals surface area contributed by atoms with Gasteiger partial charge in [0.25, 0.3) is 0 Å². The summed E-state index contributed by atoms with van der Waals surface area (Å²) in [5.41, 5.74) is 0. The van der Waals surface area contributed by atoms with Crippen molar-refractivity contribution in [1.82, 2.24) is 20.9 Å². The summed E-state index contributed by atoms with van der Waals surface area (Å²) in [5.74, 6) is -4.79. The van der Waals surface area contributed by atoms with Crippen molar-refractivity contribution >= 4 is 55.4 Å². The Bertz CT molecular complexity index is 702. The van der Waals surface area contributed by atoms with E-state index in [4.69, 9.17) is 10.2 Å². The molecule has 0 aromatic heterocycles. The van der Waals surface area contributed by atoms with Crippen molar-refractivity contribution in [3.05, 3.63) is 0 Å². The molecule has 0 heterocycles. The molecule has 0 bridgehead atoms. The monoisotopic (exact) mass is 528 g/mol. The third kappa shape index (κ3) is 16.2. The molecule has 0 aliphatic rings. The van der Waals surface area contributed by atoms with Gasteiger partial charge in [0, 0.05) is 20.4 Å². The van der Waals surface area contributed by atoms with Crippen molar-refractivity contribution in [2.24, 2.45) is 0 Å². The van der Waals surface area contributed by atoms with Gasteiger partial charge in [0.2, 0.25) is 23.6 Å². The maximum Gasteiger partial charge on any atom is 0.322 e. The Morgan fingerprint density at radius 2 is 1.65 bits per heavy atom. The van der Waals surface area contributed by atoms with Crippen LogP contribution in [0.3, 0.4) is 0 Å². The number of nitrogens with one attached hydrogen (secondary N) is 3. The van der Waals surface area contributed by atoms with Gasteiger partial charge in [-0.25, -0.2) is 0 Å². The number of carbonyl (C=O) groups is 6. The second-order valence-electron chi connectivity index (χ2n) is 6.86. The number of hydrogen-bond donors (Lipinski definition) is 5. The Balaban J connectivity index is -0.00000332. The summed E-state index contributed by atoms with van der Waals surface area (Å²) in [5, 5.41) is 24.6. The Labute approximate surface area is 207 Å². The highest BCUT2D eigenvalue weighted by Gasteiger charge is 2.27. The third-order valence-corrected chi connectivity index (χ3v) is 5.13. The van der Waals surface area contributed by atoms with Crippen LogP contribution in [0.15, 0.2) is 0 Å². The minimum atomic E-state index is -1.50. The Morgan fingerprint density at radius 1 is 1.03 bits per heavy atom. The maximum absolute atomic E-state index is 12.5. The number of hydrogen-bond acceptors (Lipinski definition) is 7. The molecule has 4 amide bonds. The number of carbonyl (C=O) groups excluding carboxylic acids is 4. The number of carboxylic acids is 2. The molecule has 3 atom stereocenters. The lowest BCUT2D eigenvalue weighted by Gasteiger charge is -2.29. The zero-order valence-electron chi connectivity index (χ0n) is 20.1. The maximum atomic E-state index is 12.5. The molecule has 14 heteroatoms. The molecule has 0 aliphatic heterocycles. The fourth-order valence-corrected chi connectivity index (χ4v) is 3.44. The fourth-order valence-electron chi connectivity index (χ4n) is 2.71. The van der Waals surface area contributed by atoms with E-state index in [0.717, 1.165) is 0 Å². The van der Waals surface area contributed by atoms with E-state index in [1.165, 1.54) is 16.3 Å². The molecule has 198 valence electrons. The number of amides is 4. The van der Waals surface area contributed by atoms with Crippen molar-refractivity contribution in [1.29, 1.82) is 0 Å². The Morgan fingerprint density at radius 3 is 2.15 bits per heavy atom. The minimum absolute atomic E-state index is 0. The van der Waals surface area contributed by atoms with Gasteiger partial charge in [0.05, 0.1) is 18.7 Å². The lowest BCUT2D eigenvalue weighted by molar-refractivity contribution is -0.142. The Kier molecular flexibility index (Phi) is 19.9. The predicted molar refractivity (Wildman–Crippen MR) is 134 cm³/mol. The van der Waals surface area contributed by atoms with E-state index in [0.29, 0.717) is 19.4 Å². The Hall–Kier alpha value is -2.40. The van der Waals surface area contributed by atoms with Gasteiger partial charge in [-0.1, -0.05) is 22.3 Å². The first kappa shape index (κ1) is 33.8. The van der Waals surface area contributed by atoms with E-state index in [1.54, 1.807) is 13.8 Å². The summed E-state index contributed by atoms with van der Waals surface area (Å²) in [4.78, 5) is 71.6. The largest absolute Gasteiger partial charge is 0.481 e. The van der Waals surface area contributed by atoms with Crippen LogP contribution in [0.25, 0.3) is 0 Å². The van der Waals surface area contributed by atoms with Gasteiger partial charge in [0.15, 0.2) is 0 Å². The molecule has 3 unspecified atom stereocenters. The number of carboxylic acid groups (broad SMARTS) is 2. The molecular formula is C20H39N4O8PS. The molecule has 0 radical (unpaired) electrons. The van der Waals surface area contributed by atoms with Crippen LogP contribution in [-0.2, 0) is 28.8 Å². The summed E-state index contributed by atoms with van der Waals surface area (Å²) in [7, 11) is 2.33. The summed E-state index contributed by atoms with van der Waals surface area (Å²) < 4.78 is 0. The van der Waals surface area contributed by atoms with Gasteiger partial charge in [-0.3, -0.25) is 28.8 Å². The molecule has 0 rings (SSSR count). The quantitative estimate of drug-likeness (QED) is 0.178. The van der Waals surface area contributed by atoms with E-state index in [9.17, 15) is 28.8 Å². The third-order valence-electron chi connectivity index (χ3n) is 4.22. The van der Waals surface area contributed by atoms with Crippen molar-refractivity contribution in [2.45, 2.75) is 65.5 Å². The van der Waals surface area contributed by atoms with Crippen LogP contribution in [0.5, 0.6) is 0 Å². The van der Waals surface area contributed by atoms with Crippen LogP contribution in [0.2, 0.25) is 0 Å². The van der Waals surface area contributed by atoms with Crippen LogP contribution >= 0.6 is 19.8 Å². The van der Waals surface area contributed by atoms with E-state index in [1.807, 2.05) is 19.2 Å². The van der Waals surface area contributed by atoms with E-state index in [-0.39, 0.29) is 25.4 Å². The predicted octanol–water partition coefficient (Wildman–Crippen LogP) is 0.466. The first-order valence-corrected chi connectivity index (χ1v) is 13.4.